The molecule has 3 rings (SSSR count). The molecule has 0 saturated heterocycles. The quantitative estimate of drug-likeness (QED) is 0.374. The van der Waals surface area contributed by atoms with E-state index in [2.05, 4.69) is 69.3 Å². The molecule has 0 aliphatic heterocycles. The second-order valence-corrected chi connectivity index (χ2v) is 14.1. The molecule has 0 aliphatic carbocycles. The van der Waals surface area contributed by atoms with E-state index in [4.69, 9.17) is 13.9 Å². The van der Waals surface area contributed by atoms with E-state index >= 15 is 0 Å². The van der Waals surface area contributed by atoms with E-state index < -0.39 is 20.5 Å². The molecule has 2 N–H and O–H groups in total. The van der Waals surface area contributed by atoms with Gasteiger partial charge in [-0.05, 0) is 39.5 Å². The number of aliphatic hydroxyl groups is 2. The van der Waals surface area contributed by atoms with Gasteiger partial charge in [0.1, 0.15) is 11.9 Å². The highest BCUT2D eigenvalue weighted by Gasteiger charge is 2.50. The van der Waals surface area contributed by atoms with Gasteiger partial charge in [-0.3, -0.25) is 0 Å². The summed E-state index contributed by atoms with van der Waals surface area (Å²) < 4.78 is 18.2. The van der Waals surface area contributed by atoms with Gasteiger partial charge in [0.05, 0.1) is 26.4 Å². The Morgan fingerprint density at radius 2 is 1.37 bits per heavy atom. The van der Waals surface area contributed by atoms with Gasteiger partial charge in [0.25, 0.3) is 8.32 Å². The smallest absolute Gasteiger partial charge is 0.261 e. The van der Waals surface area contributed by atoms with Crippen LogP contribution in [0.5, 0.6) is 5.75 Å². The van der Waals surface area contributed by atoms with E-state index in [1.54, 1.807) is 7.11 Å². The van der Waals surface area contributed by atoms with Crippen molar-refractivity contribution in [2.45, 2.75) is 51.0 Å². The third-order valence-corrected chi connectivity index (χ3v) is 11.4. The summed E-state index contributed by atoms with van der Waals surface area (Å²) in [7, 11) is -1.04. The Balaban J connectivity index is 1.80. The van der Waals surface area contributed by atoms with Gasteiger partial charge in [0.15, 0.2) is 0 Å². The van der Waals surface area contributed by atoms with Crippen molar-refractivity contribution in [1.82, 2.24) is 0 Å². The van der Waals surface area contributed by atoms with Crippen molar-refractivity contribution in [1.29, 1.82) is 0 Å². The fraction of sp³-hybridized carbons (Fsp3) is 0.379. The van der Waals surface area contributed by atoms with Crippen molar-refractivity contribution in [3.8, 4) is 5.75 Å². The van der Waals surface area contributed by atoms with Crippen molar-refractivity contribution in [3.05, 3.63) is 90.5 Å². The molecule has 0 amide bonds. The SMILES string of the molecule is COc1ccc(CO[C@H](CCO[Si](c2ccccc2)(c2ccccc2)C(C)(C)C)[C@H](O)CO)cc1. The Morgan fingerprint density at radius 3 is 1.83 bits per heavy atom. The van der Waals surface area contributed by atoms with E-state index in [9.17, 15) is 10.2 Å². The first-order valence-corrected chi connectivity index (χ1v) is 14.0. The summed E-state index contributed by atoms with van der Waals surface area (Å²) in [5.41, 5.74) is 0.967. The predicted molar refractivity (Wildman–Crippen MR) is 143 cm³/mol. The highest BCUT2D eigenvalue weighted by atomic mass is 28.4. The minimum absolute atomic E-state index is 0.134. The lowest BCUT2D eigenvalue weighted by Gasteiger charge is -2.43. The summed E-state index contributed by atoms with van der Waals surface area (Å²) in [5.74, 6) is 0.777. The summed E-state index contributed by atoms with van der Waals surface area (Å²) in [4.78, 5) is 0. The van der Waals surface area contributed by atoms with E-state index in [1.165, 1.54) is 10.4 Å². The molecule has 0 spiro atoms. The van der Waals surface area contributed by atoms with Crippen LogP contribution >= 0.6 is 0 Å². The van der Waals surface area contributed by atoms with Crippen LogP contribution in [0, 0.1) is 0 Å². The minimum Gasteiger partial charge on any atom is -0.497 e. The lowest BCUT2D eigenvalue weighted by atomic mass is 10.1. The number of methoxy groups -OCH3 is 1. The van der Waals surface area contributed by atoms with Crippen LogP contribution in [0.1, 0.15) is 32.8 Å². The monoisotopic (exact) mass is 494 g/mol. The molecule has 0 aromatic heterocycles. The van der Waals surface area contributed by atoms with Crippen molar-refractivity contribution < 1.29 is 24.1 Å². The Hall–Kier alpha value is -2.48. The molecular weight excluding hydrogens is 456 g/mol. The summed E-state index contributed by atoms with van der Waals surface area (Å²) >= 11 is 0. The van der Waals surface area contributed by atoms with Gasteiger partial charge in [0, 0.05) is 6.61 Å². The molecule has 6 heteroatoms. The molecule has 3 aromatic carbocycles. The third kappa shape index (κ3) is 6.60. The van der Waals surface area contributed by atoms with Crippen molar-refractivity contribution in [3.63, 3.8) is 0 Å². The molecule has 0 bridgehead atoms. The maximum Gasteiger partial charge on any atom is 0.261 e. The van der Waals surface area contributed by atoms with Crippen LogP contribution < -0.4 is 15.1 Å². The van der Waals surface area contributed by atoms with Crippen LogP contribution in [-0.4, -0.2) is 51.1 Å². The molecule has 35 heavy (non-hydrogen) atoms. The fourth-order valence-electron chi connectivity index (χ4n) is 4.52. The maximum absolute atomic E-state index is 10.5. The lowest BCUT2D eigenvalue weighted by Crippen LogP contribution is -2.66. The molecule has 0 aliphatic rings. The van der Waals surface area contributed by atoms with Gasteiger partial charge in [-0.1, -0.05) is 93.6 Å². The highest BCUT2D eigenvalue weighted by molar-refractivity contribution is 6.99. The zero-order valence-corrected chi connectivity index (χ0v) is 22.2. The van der Waals surface area contributed by atoms with Gasteiger partial charge >= 0.3 is 0 Å². The fourth-order valence-corrected chi connectivity index (χ4v) is 9.10. The number of hydrogen-bond donors (Lipinski definition) is 2. The Labute approximate surface area is 210 Å². The Kier molecular flexibility index (Phi) is 9.66. The largest absolute Gasteiger partial charge is 0.497 e. The first kappa shape index (κ1) is 27.1. The Morgan fingerprint density at radius 1 is 0.829 bits per heavy atom. The second kappa shape index (κ2) is 12.5. The molecule has 188 valence electrons. The second-order valence-electron chi connectivity index (χ2n) is 9.75. The molecule has 0 fully saturated rings. The summed E-state index contributed by atoms with van der Waals surface area (Å²) in [5, 5.41) is 22.4. The molecule has 3 aromatic rings. The van der Waals surface area contributed by atoms with E-state index in [0.717, 1.165) is 11.3 Å². The molecule has 5 nitrogen and oxygen atoms in total. The van der Waals surface area contributed by atoms with Gasteiger partial charge in [0.2, 0.25) is 0 Å². The van der Waals surface area contributed by atoms with Gasteiger partial charge < -0.3 is 24.1 Å². The van der Waals surface area contributed by atoms with Crippen LogP contribution in [0.15, 0.2) is 84.9 Å². The van der Waals surface area contributed by atoms with E-state index in [1.807, 2.05) is 36.4 Å². The Bertz CT molecular complexity index is 963. The first-order valence-electron chi connectivity index (χ1n) is 12.1. The van der Waals surface area contributed by atoms with Crippen molar-refractivity contribution in [2.75, 3.05) is 20.3 Å². The topological polar surface area (TPSA) is 68.2 Å². The number of hydrogen-bond acceptors (Lipinski definition) is 5. The summed E-state index contributed by atoms with van der Waals surface area (Å²) in [6, 6.07) is 28.5. The van der Waals surface area contributed by atoms with E-state index in [-0.39, 0.29) is 11.6 Å². The molecule has 0 heterocycles. The van der Waals surface area contributed by atoms with Gasteiger partial charge in [-0.15, -0.1) is 0 Å². The molecule has 2 atom stereocenters. The maximum atomic E-state index is 10.5. The third-order valence-electron chi connectivity index (χ3n) is 6.38. The van der Waals surface area contributed by atoms with Crippen LogP contribution in [0.2, 0.25) is 5.04 Å². The van der Waals surface area contributed by atoms with Crippen LogP contribution in [0.3, 0.4) is 0 Å². The van der Waals surface area contributed by atoms with Gasteiger partial charge in [-0.2, -0.15) is 0 Å². The molecule has 0 radical (unpaired) electrons. The highest BCUT2D eigenvalue weighted by Crippen LogP contribution is 2.37. The minimum atomic E-state index is -2.67. The number of ether oxygens (including phenoxy) is 2. The summed E-state index contributed by atoms with van der Waals surface area (Å²) in [6.07, 6.45) is -1.08. The summed E-state index contributed by atoms with van der Waals surface area (Å²) in [6.45, 7) is 7.06. The standard InChI is InChI=1S/C29H38O5Si/c1-29(2,3)35(25-11-7-5-8-12-25,26-13-9-6-10-14-26)34-20-19-28(27(31)21-30)33-22-23-15-17-24(32-4)18-16-23/h5-18,27-28,30-31H,19-22H2,1-4H3/t27-,28-/m1/s1. The van der Waals surface area contributed by atoms with Crippen LogP contribution in [0.4, 0.5) is 0 Å². The zero-order valence-electron chi connectivity index (χ0n) is 21.2. The van der Waals surface area contributed by atoms with Crippen molar-refractivity contribution in [2.24, 2.45) is 0 Å². The normalized spacial score (nSPS) is 13.9. The molecule has 0 unspecified atom stereocenters. The van der Waals surface area contributed by atoms with Crippen LogP contribution in [-0.2, 0) is 15.8 Å². The number of benzene rings is 3. The van der Waals surface area contributed by atoms with E-state index in [0.29, 0.717) is 19.6 Å². The predicted octanol–water partition coefficient (Wildman–Crippen LogP) is 3.90. The number of rotatable bonds is 12. The van der Waals surface area contributed by atoms with Gasteiger partial charge in [-0.25, -0.2) is 0 Å². The average molecular weight is 495 g/mol. The number of aliphatic hydroxyl groups excluding tert-OH is 2. The van der Waals surface area contributed by atoms with Crippen molar-refractivity contribution >= 4 is 18.7 Å². The molecular formula is C29H38O5Si. The molecule has 0 saturated carbocycles. The zero-order chi connectivity index (χ0) is 25.3. The lowest BCUT2D eigenvalue weighted by molar-refractivity contribution is -0.0725. The van der Waals surface area contributed by atoms with Crippen LogP contribution in [0.25, 0.3) is 0 Å². The average Bonchev–Trinajstić information content (AvgIpc) is 2.88. The first-order chi connectivity index (χ1) is 16.8.